The van der Waals surface area contributed by atoms with Gasteiger partial charge in [-0.3, -0.25) is 19.7 Å². The Labute approximate surface area is 164 Å². The largest absolute Gasteiger partial charge is 0.508 e. The monoisotopic (exact) mass is 403 g/mol. The van der Waals surface area contributed by atoms with Gasteiger partial charge in [0.05, 0.1) is 18.1 Å². The summed E-state index contributed by atoms with van der Waals surface area (Å²) < 4.78 is 0. The molecular formula is C19H17NO7S. The molecule has 1 heterocycles. The van der Waals surface area contributed by atoms with Gasteiger partial charge in [-0.2, -0.15) is 0 Å². The van der Waals surface area contributed by atoms with E-state index in [0.717, 1.165) is 11.8 Å². The van der Waals surface area contributed by atoms with E-state index in [4.69, 9.17) is 15.3 Å². The highest BCUT2D eigenvalue weighted by Crippen LogP contribution is 2.27. The molecule has 0 aromatic heterocycles. The molecule has 5 N–H and O–H groups in total. The van der Waals surface area contributed by atoms with Crippen molar-refractivity contribution in [3.05, 3.63) is 63.6 Å². The minimum atomic E-state index is -0.432. The molecule has 2 aromatic carbocycles. The number of benzene rings is 2. The molecule has 3 rings (SSSR count). The number of nitrogens with one attached hydrogen (secondary N) is 1. The molecule has 1 aliphatic rings. The van der Waals surface area contributed by atoms with Crippen molar-refractivity contribution in [1.82, 2.24) is 5.32 Å². The van der Waals surface area contributed by atoms with Gasteiger partial charge in [-0.05, 0) is 53.7 Å². The molecule has 28 heavy (non-hydrogen) atoms. The predicted octanol–water partition coefficient (Wildman–Crippen LogP) is 1.91. The summed E-state index contributed by atoms with van der Waals surface area (Å²) in [5, 5.41) is 37.8. The van der Waals surface area contributed by atoms with Crippen molar-refractivity contribution in [3.63, 3.8) is 0 Å². The van der Waals surface area contributed by atoms with Crippen molar-refractivity contribution < 1.29 is 34.8 Å². The summed E-state index contributed by atoms with van der Waals surface area (Å²) in [6.45, 7) is -0.547. The molecule has 1 saturated heterocycles. The highest BCUT2D eigenvalue weighted by Gasteiger charge is 2.24. The predicted molar refractivity (Wildman–Crippen MR) is 103 cm³/mol. The molecule has 2 aromatic rings. The third-order valence-electron chi connectivity index (χ3n) is 3.62. The average Bonchev–Trinajstić information content (AvgIpc) is 3.01. The summed E-state index contributed by atoms with van der Waals surface area (Å²) in [5.41, 5.74) is 1.83. The van der Waals surface area contributed by atoms with Crippen LogP contribution in [0.3, 0.4) is 0 Å². The van der Waals surface area contributed by atoms with Gasteiger partial charge in [0.15, 0.2) is 0 Å². The van der Waals surface area contributed by atoms with Crippen LogP contribution in [0.25, 0.3) is 6.08 Å². The Kier molecular flexibility index (Phi) is 7.33. The number of hydrogen-bond donors (Lipinski definition) is 5. The molecule has 146 valence electrons. The second kappa shape index (κ2) is 9.70. The number of phenols is 2. The van der Waals surface area contributed by atoms with Gasteiger partial charge in [-0.15, -0.1) is 0 Å². The number of aliphatic hydroxyl groups is 2. The Hall–Kier alpha value is -3.14. The summed E-state index contributed by atoms with van der Waals surface area (Å²) >= 11 is 0.823. The SMILES string of the molecule is O=C1NC(=O)/C(=C/c2ccc(O)c(CO)c2)S1.O=Cc1ccc(O)c(CO)c1. The number of aliphatic hydroxyl groups excluding tert-OH is 2. The molecule has 1 fully saturated rings. The zero-order valence-electron chi connectivity index (χ0n) is 14.5. The van der Waals surface area contributed by atoms with Crippen LogP contribution in [0.4, 0.5) is 4.79 Å². The van der Waals surface area contributed by atoms with Crippen LogP contribution in [-0.4, -0.2) is 37.9 Å². The zero-order valence-corrected chi connectivity index (χ0v) is 15.3. The van der Waals surface area contributed by atoms with Gasteiger partial charge < -0.3 is 20.4 Å². The quantitative estimate of drug-likeness (QED) is 0.385. The zero-order chi connectivity index (χ0) is 20.7. The van der Waals surface area contributed by atoms with E-state index in [1.807, 2.05) is 0 Å². The lowest BCUT2D eigenvalue weighted by Crippen LogP contribution is -2.17. The van der Waals surface area contributed by atoms with E-state index in [9.17, 15) is 19.5 Å². The second-order valence-electron chi connectivity index (χ2n) is 5.56. The first-order valence-electron chi connectivity index (χ1n) is 7.93. The number of carbonyl (C=O) groups is 3. The van der Waals surface area contributed by atoms with Crippen molar-refractivity contribution in [2.75, 3.05) is 0 Å². The van der Waals surface area contributed by atoms with Crippen LogP contribution >= 0.6 is 11.8 Å². The molecule has 0 spiro atoms. The Morgan fingerprint density at radius 3 is 1.89 bits per heavy atom. The number of thioether (sulfide) groups is 1. The van der Waals surface area contributed by atoms with E-state index >= 15 is 0 Å². The maximum atomic E-state index is 11.3. The number of aromatic hydroxyl groups is 2. The van der Waals surface area contributed by atoms with E-state index < -0.39 is 11.1 Å². The van der Waals surface area contributed by atoms with Crippen LogP contribution in [0.2, 0.25) is 0 Å². The van der Waals surface area contributed by atoms with Crippen LogP contribution in [-0.2, 0) is 18.0 Å². The van der Waals surface area contributed by atoms with Crippen molar-refractivity contribution in [2.24, 2.45) is 0 Å². The van der Waals surface area contributed by atoms with Gasteiger partial charge in [0.2, 0.25) is 0 Å². The van der Waals surface area contributed by atoms with Gasteiger partial charge >= 0.3 is 0 Å². The second-order valence-corrected chi connectivity index (χ2v) is 6.58. The lowest BCUT2D eigenvalue weighted by Gasteiger charge is -2.02. The van der Waals surface area contributed by atoms with Crippen molar-refractivity contribution in [1.29, 1.82) is 0 Å². The number of amides is 2. The fraction of sp³-hybridized carbons (Fsp3) is 0.105. The van der Waals surface area contributed by atoms with Crippen LogP contribution in [0.5, 0.6) is 11.5 Å². The molecule has 0 unspecified atom stereocenters. The van der Waals surface area contributed by atoms with E-state index in [0.29, 0.717) is 33.4 Å². The molecule has 0 saturated carbocycles. The van der Waals surface area contributed by atoms with Gasteiger partial charge in [-0.1, -0.05) is 6.07 Å². The molecular weight excluding hydrogens is 386 g/mol. The van der Waals surface area contributed by atoms with E-state index in [2.05, 4.69) is 5.32 Å². The third-order valence-corrected chi connectivity index (χ3v) is 4.43. The molecule has 0 atom stereocenters. The van der Waals surface area contributed by atoms with E-state index in [1.54, 1.807) is 12.1 Å². The fourth-order valence-corrected chi connectivity index (χ4v) is 2.88. The van der Waals surface area contributed by atoms with Crippen LogP contribution in [0, 0.1) is 0 Å². The average molecular weight is 403 g/mol. The molecule has 0 bridgehead atoms. The third kappa shape index (κ3) is 5.43. The highest BCUT2D eigenvalue weighted by atomic mass is 32.2. The lowest BCUT2D eigenvalue weighted by atomic mass is 10.1. The highest BCUT2D eigenvalue weighted by molar-refractivity contribution is 8.18. The molecule has 1 aliphatic heterocycles. The van der Waals surface area contributed by atoms with Crippen molar-refractivity contribution in [3.8, 4) is 11.5 Å². The van der Waals surface area contributed by atoms with Crippen molar-refractivity contribution >= 4 is 35.3 Å². The molecule has 8 nitrogen and oxygen atoms in total. The minimum absolute atomic E-state index is 0.00532. The molecule has 0 aliphatic carbocycles. The first kappa shape index (κ1) is 21.2. The summed E-state index contributed by atoms with van der Waals surface area (Å²) in [6, 6.07) is 8.90. The van der Waals surface area contributed by atoms with Crippen molar-refractivity contribution in [2.45, 2.75) is 13.2 Å². The Morgan fingerprint density at radius 2 is 1.43 bits per heavy atom. The number of hydrogen-bond acceptors (Lipinski definition) is 8. The summed E-state index contributed by atoms with van der Waals surface area (Å²) in [7, 11) is 0. The van der Waals surface area contributed by atoms with Crippen LogP contribution < -0.4 is 5.32 Å². The van der Waals surface area contributed by atoms with Gasteiger partial charge in [0.1, 0.15) is 17.8 Å². The van der Waals surface area contributed by atoms with Gasteiger partial charge in [0.25, 0.3) is 11.1 Å². The standard InChI is InChI=1S/C11H9NO4S.C8H8O3/c13-5-7-3-6(1-2-8(7)14)4-9-10(15)12-11(16)17-9;9-4-6-1-2-8(11)7(3-6)5-10/h1-4,13-14H,5H2,(H,12,15,16);1-4,10-11H,5H2/b9-4-;. The molecule has 2 amide bonds. The summed E-state index contributed by atoms with van der Waals surface area (Å²) in [6.07, 6.45) is 2.20. The first-order valence-corrected chi connectivity index (χ1v) is 8.75. The molecule has 0 radical (unpaired) electrons. The lowest BCUT2D eigenvalue weighted by molar-refractivity contribution is -0.115. The number of imide groups is 1. The van der Waals surface area contributed by atoms with Gasteiger partial charge in [0, 0.05) is 16.7 Å². The first-order chi connectivity index (χ1) is 13.4. The minimum Gasteiger partial charge on any atom is -0.508 e. The van der Waals surface area contributed by atoms with Crippen LogP contribution in [0.1, 0.15) is 27.0 Å². The normalized spacial score (nSPS) is 14.4. The van der Waals surface area contributed by atoms with E-state index in [1.165, 1.54) is 30.3 Å². The summed E-state index contributed by atoms with van der Waals surface area (Å²) in [5.74, 6) is -0.425. The maximum Gasteiger partial charge on any atom is 0.290 e. The topological polar surface area (TPSA) is 144 Å². The smallest absolute Gasteiger partial charge is 0.290 e. The number of aldehydes is 1. The Morgan fingerprint density at radius 1 is 0.893 bits per heavy atom. The van der Waals surface area contributed by atoms with Gasteiger partial charge in [-0.25, -0.2) is 0 Å². The molecule has 9 heteroatoms. The summed E-state index contributed by atoms with van der Waals surface area (Å²) in [4.78, 5) is 32.8. The fourth-order valence-electron chi connectivity index (χ4n) is 2.20. The van der Waals surface area contributed by atoms with Crippen LogP contribution in [0.15, 0.2) is 41.3 Å². The number of carbonyl (C=O) groups excluding carboxylic acids is 3. The number of rotatable bonds is 4. The Balaban J connectivity index is 0.000000221. The maximum absolute atomic E-state index is 11.3. The Bertz CT molecular complexity index is 940. The van der Waals surface area contributed by atoms with E-state index in [-0.39, 0.29) is 24.7 Å².